The number of carboxylic acids is 1. The number of esters is 1. The van der Waals surface area contributed by atoms with E-state index in [0.717, 1.165) is 72.0 Å². The zero-order valence-electron chi connectivity index (χ0n) is 40.8. The van der Waals surface area contributed by atoms with Crippen molar-refractivity contribution in [3.8, 4) is 0 Å². The van der Waals surface area contributed by atoms with Crippen LogP contribution in [0.3, 0.4) is 0 Å². The number of carbonyl (C=O) groups is 3. The average Bonchev–Trinajstić information content (AvgIpc) is 3.50. The third-order valence-corrected chi connectivity index (χ3v) is 16.7. The molecule has 1 aliphatic heterocycles. The van der Waals surface area contributed by atoms with Gasteiger partial charge in [0.1, 0.15) is 11.9 Å². The van der Waals surface area contributed by atoms with E-state index in [1.807, 2.05) is 33.9 Å². The van der Waals surface area contributed by atoms with E-state index in [1.54, 1.807) is 20.0 Å². The molecule has 7 unspecified atom stereocenters. The first-order valence-electron chi connectivity index (χ1n) is 23.7. The van der Waals surface area contributed by atoms with Gasteiger partial charge >= 0.3 is 11.9 Å². The van der Waals surface area contributed by atoms with Gasteiger partial charge in [-0.3, -0.25) is 19.4 Å². The molecule has 7 atom stereocenters. The Morgan fingerprint density at radius 1 is 1.10 bits per heavy atom. The van der Waals surface area contributed by atoms with E-state index in [-0.39, 0.29) is 47.9 Å². The van der Waals surface area contributed by atoms with E-state index in [1.165, 1.54) is 0 Å². The number of rotatable bonds is 16. The van der Waals surface area contributed by atoms with Gasteiger partial charge in [0.15, 0.2) is 5.78 Å². The number of halogens is 1. The normalized spacial score (nSPS) is 31.4. The van der Waals surface area contributed by atoms with E-state index in [9.17, 15) is 29.7 Å². The number of allylic oxidation sites excluding steroid dienone is 3. The molecular weight excluding hydrogens is 814 g/mol. The van der Waals surface area contributed by atoms with Crippen LogP contribution in [0.15, 0.2) is 61.8 Å². The van der Waals surface area contributed by atoms with Crippen LogP contribution < -0.4 is 10.6 Å². The van der Waals surface area contributed by atoms with Crippen LogP contribution in [0, 0.1) is 44.8 Å². The Hall–Kier alpha value is -3.05. The second-order valence-corrected chi connectivity index (χ2v) is 22.9. The molecule has 63 heavy (non-hydrogen) atoms. The highest BCUT2D eigenvalue weighted by atomic mass is 35.5. The molecule has 0 bridgehead atoms. The predicted molar refractivity (Wildman–Crippen MR) is 253 cm³/mol. The van der Waals surface area contributed by atoms with E-state index in [2.05, 4.69) is 70.2 Å². The lowest BCUT2D eigenvalue weighted by atomic mass is 9.46. The van der Waals surface area contributed by atoms with E-state index in [0.29, 0.717) is 49.6 Å². The first-order valence-corrected chi connectivity index (χ1v) is 24.1. The van der Waals surface area contributed by atoms with Crippen LogP contribution in [0.5, 0.6) is 0 Å². The van der Waals surface area contributed by atoms with Crippen LogP contribution in [0.2, 0.25) is 0 Å². The molecule has 1 heterocycles. The summed E-state index contributed by atoms with van der Waals surface area (Å²) in [6, 6.07) is 0. The number of hydrogen-bond donors (Lipinski definition) is 5. The number of aliphatic hydroxyl groups excluding tert-OH is 1. The molecule has 3 fully saturated rings. The summed E-state index contributed by atoms with van der Waals surface area (Å²) < 4.78 is 6.16. The number of fused-ring (bicyclic) bond motifs is 3. The van der Waals surface area contributed by atoms with Crippen molar-refractivity contribution >= 4 is 35.2 Å². The van der Waals surface area contributed by atoms with Gasteiger partial charge in [-0.05, 0) is 157 Å². The first kappa shape index (κ1) is 50.9. The van der Waals surface area contributed by atoms with Crippen LogP contribution in [-0.2, 0) is 19.1 Å². The predicted octanol–water partition coefficient (Wildman–Crippen LogP) is 10.1. The number of aliphatic carboxylic acids is 1. The second-order valence-electron chi connectivity index (χ2n) is 22.4. The summed E-state index contributed by atoms with van der Waals surface area (Å²) >= 11 is 6.24. The summed E-state index contributed by atoms with van der Waals surface area (Å²) in [5, 5.41) is 43.6. The van der Waals surface area contributed by atoms with Gasteiger partial charge in [0.25, 0.3) is 0 Å². The lowest BCUT2D eigenvalue weighted by Gasteiger charge is -2.61. The Morgan fingerprint density at radius 2 is 1.78 bits per heavy atom. The molecule has 0 aromatic rings. The van der Waals surface area contributed by atoms with Crippen LogP contribution in [-0.4, -0.2) is 76.8 Å². The van der Waals surface area contributed by atoms with Crippen molar-refractivity contribution in [1.82, 2.24) is 10.6 Å². The molecule has 5 aliphatic rings. The molecule has 0 saturated heterocycles. The molecule has 0 aromatic heterocycles. The zero-order chi connectivity index (χ0) is 47.1. The summed E-state index contributed by atoms with van der Waals surface area (Å²) in [4.78, 5) is 44.2. The topological polar surface area (TPSA) is 158 Å². The Balaban J connectivity index is 1.51. The number of Topliss-reactive ketones (excluding diaryl/α,β-unsaturated/α-hetero) is 1. The van der Waals surface area contributed by atoms with Crippen molar-refractivity contribution < 1.29 is 34.4 Å². The van der Waals surface area contributed by atoms with Gasteiger partial charge in [0.05, 0.1) is 35.1 Å². The first-order chi connectivity index (χ1) is 29.2. The summed E-state index contributed by atoms with van der Waals surface area (Å²) in [5.74, 6) is -0.911. The monoisotopic (exact) mass is 894 g/mol. The molecule has 352 valence electrons. The van der Waals surface area contributed by atoms with Gasteiger partial charge in [-0.15, -0.1) is 0 Å². The SMILES string of the molecule is C/C=C(\C=C(/CCNC)C(=C(C)C)C(O)C12CCC3(O)C(CCCC3(C)CCC3C(C)(C)CCC(OC(=O)CC(C)(C)C(=O)O)C3(C)C)C1=C(C(C)C)C(=O)C2)C1=NCC(Cl)=CN1. The van der Waals surface area contributed by atoms with Gasteiger partial charge in [-0.2, -0.15) is 0 Å². The quantitative estimate of drug-likeness (QED) is 0.0752. The van der Waals surface area contributed by atoms with Gasteiger partial charge < -0.3 is 30.7 Å². The smallest absolute Gasteiger partial charge is 0.309 e. The summed E-state index contributed by atoms with van der Waals surface area (Å²) in [6.45, 7) is 25.6. The molecule has 3 saturated carbocycles. The highest BCUT2D eigenvalue weighted by molar-refractivity contribution is 6.30. The number of amidine groups is 1. The largest absolute Gasteiger partial charge is 0.481 e. The number of ketones is 1. The summed E-state index contributed by atoms with van der Waals surface area (Å²) in [7, 11) is 1.92. The Morgan fingerprint density at radius 3 is 2.35 bits per heavy atom. The fraction of sp³-hybridized carbons (Fsp3) is 0.731. The number of aliphatic imine (C=N–C) groups is 1. The fourth-order valence-electron chi connectivity index (χ4n) is 12.8. The molecule has 11 heteroatoms. The fourth-order valence-corrected chi connectivity index (χ4v) is 13.0. The number of hydrogen-bond acceptors (Lipinski definition) is 9. The number of ether oxygens (including phenoxy) is 1. The maximum absolute atomic E-state index is 14.5. The lowest BCUT2D eigenvalue weighted by molar-refractivity contribution is -0.184. The maximum Gasteiger partial charge on any atom is 0.309 e. The van der Waals surface area contributed by atoms with Crippen molar-refractivity contribution in [2.45, 2.75) is 178 Å². The number of nitrogens with one attached hydrogen (secondary N) is 2. The van der Waals surface area contributed by atoms with Crippen molar-refractivity contribution in [3.05, 3.63) is 56.8 Å². The van der Waals surface area contributed by atoms with E-state index >= 15 is 0 Å². The minimum absolute atomic E-state index is 0.0632. The minimum atomic E-state index is -1.22. The van der Waals surface area contributed by atoms with Crippen molar-refractivity contribution in [1.29, 1.82) is 0 Å². The van der Waals surface area contributed by atoms with Crippen LogP contribution in [0.25, 0.3) is 0 Å². The van der Waals surface area contributed by atoms with Gasteiger partial charge in [-0.1, -0.05) is 78.1 Å². The van der Waals surface area contributed by atoms with Crippen LogP contribution in [0.1, 0.15) is 160 Å². The van der Waals surface area contributed by atoms with Crippen molar-refractivity contribution in [3.63, 3.8) is 0 Å². The second kappa shape index (κ2) is 19.0. The Labute approximate surface area is 383 Å². The molecule has 0 amide bonds. The summed E-state index contributed by atoms with van der Waals surface area (Å²) in [5.41, 5.74) is 1.37. The molecule has 5 N–H and O–H groups in total. The molecule has 0 spiro atoms. The highest BCUT2D eigenvalue weighted by Crippen LogP contribution is 2.67. The Kier molecular flexibility index (Phi) is 15.4. The van der Waals surface area contributed by atoms with Gasteiger partial charge in [-0.25, -0.2) is 0 Å². The Bertz CT molecular complexity index is 1980. The van der Waals surface area contributed by atoms with Crippen molar-refractivity contribution in [2.75, 3.05) is 20.1 Å². The zero-order valence-corrected chi connectivity index (χ0v) is 41.6. The van der Waals surface area contributed by atoms with Crippen LogP contribution in [0.4, 0.5) is 0 Å². The van der Waals surface area contributed by atoms with Gasteiger partial charge in [0.2, 0.25) is 0 Å². The minimum Gasteiger partial charge on any atom is -0.481 e. The number of carboxylic acid groups (broad SMARTS) is 1. The molecule has 5 rings (SSSR count). The number of aliphatic hydroxyl groups is 2. The average molecular weight is 895 g/mol. The molecule has 0 aromatic carbocycles. The highest BCUT2D eigenvalue weighted by Gasteiger charge is 2.66. The van der Waals surface area contributed by atoms with E-state index in [4.69, 9.17) is 16.3 Å². The lowest BCUT2D eigenvalue weighted by Crippen LogP contribution is -2.61. The summed E-state index contributed by atoms with van der Waals surface area (Å²) in [6.07, 6.45) is 11.9. The van der Waals surface area contributed by atoms with Gasteiger partial charge in [0, 0.05) is 34.9 Å². The van der Waals surface area contributed by atoms with Crippen LogP contribution >= 0.6 is 11.6 Å². The van der Waals surface area contributed by atoms with Crippen molar-refractivity contribution in [2.24, 2.45) is 49.8 Å². The molecule has 0 radical (unpaired) electrons. The third-order valence-electron chi connectivity index (χ3n) is 16.5. The molecular formula is C52H80ClN3O7. The molecule has 10 nitrogen and oxygen atoms in total. The van der Waals surface area contributed by atoms with E-state index < -0.39 is 45.3 Å². The third kappa shape index (κ3) is 9.76. The molecule has 4 aliphatic carbocycles. The number of nitrogens with zero attached hydrogens (tertiary/aromatic N) is 1. The number of carbonyl (C=O) groups excluding carboxylic acids is 2. The standard InChI is InChI=1S/C52H80ClN3O7/c1-14-33(45-55-29-35(53)30-56-45)26-34(19-25-54-13)41(31(2)3)44(59)51-23-24-52(62)36(43(51)42(32(4)5)37(57)27-51)16-15-20-50(52,12)22-17-38-47(6,7)21-18-39(49(38,10)11)63-40(58)28-48(8,9)46(60)61/h14,26,29,32,36,38-39,44,54,59,62H,15-25,27-28,30H2,1-13H3,(H,55,56)(H,60,61)/b33-14+,34-26+. The maximum atomic E-state index is 14.5.